The number of carboxylic acid groups (broad SMARTS) is 1. The van der Waals surface area contributed by atoms with E-state index in [2.05, 4.69) is 34.6 Å². The zero-order chi connectivity index (χ0) is 24.8. The lowest BCUT2D eigenvalue weighted by Gasteiger charge is -2.38. The van der Waals surface area contributed by atoms with Crippen LogP contribution in [0.25, 0.3) is 0 Å². The molecule has 1 aromatic rings. The molecular weight excluding hydrogens is 412 g/mol. The number of aromatic carboxylic acids is 1. The summed E-state index contributed by atoms with van der Waals surface area (Å²) in [5.41, 5.74) is 1.84. The van der Waals surface area contributed by atoms with Crippen molar-refractivity contribution in [3.05, 3.63) is 22.3 Å². The average molecular weight is 461 g/mol. The molecule has 0 aliphatic carbocycles. The molecule has 0 aromatic heterocycles. The van der Waals surface area contributed by atoms with Crippen molar-refractivity contribution in [3.63, 3.8) is 0 Å². The minimum absolute atomic E-state index is 0.0159. The van der Waals surface area contributed by atoms with E-state index in [1.807, 2.05) is 6.92 Å². The zero-order valence-electron chi connectivity index (χ0n) is 22.2. The predicted molar refractivity (Wildman–Crippen MR) is 137 cm³/mol. The summed E-state index contributed by atoms with van der Waals surface area (Å²) in [4.78, 5) is 11.8. The smallest absolute Gasteiger partial charge is 0.339 e. The van der Waals surface area contributed by atoms with Gasteiger partial charge in [0.25, 0.3) is 0 Å². The number of hydrogen-bond donors (Lipinski definition) is 2. The molecule has 4 nitrogen and oxygen atoms in total. The number of benzene rings is 1. The summed E-state index contributed by atoms with van der Waals surface area (Å²) in [6, 6.07) is 0. The zero-order valence-corrected chi connectivity index (χ0v) is 22.2. The van der Waals surface area contributed by atoms with Gasteiger partial charge in [0.1, 0.15) is 22.7 Å². The lowest BCUT2D eigenvalue weighted by atomic mass is 9.83. The molecule has 0 saturated heterocycles. The van der Waals surface area contributed by atoms with Crippen molar-refractivity contribution in [2.75, 3.05) is 0 Å². The van der Waals surface area contributed by atoms with E-state index in [-0.39, 0.29) is 16.9 Å². The van der Waals surface area contributed by atoms with Crippen LogP contribution in [0.15, 0.2) is 0 Å². The Morgan fingerprint density at radius 3 is 2.03 bits per heavy atom. The highest BCUT2D eigenvalue weighted by atomic mass is 16.5. The molecule has 3 unspecified atom stereocenters. The maximum atomic E-state index is 11.8. The molecule has 0 radical (unpaired) electrons. The Bertz CT molecular complexity index is 798. The molecule has 0 fully saturated rings. The average Bonchev–Trinajstić information content (AvgIpc) is 2.72. The third kappa shape index (κ3) is 7.65. The highest BCUT2D eigenvalue weighted by Crippen LogP contribution is 2.45. The van der Waals surface area contributed by atoms with Gasteiger partial charge >= 0.3 is 5.97 Å². The molecule has 1 aliphatic rings. The van der Waals surface area contributed by atoms with Crippen LogP contribution in [0.3, 0.4) is 0 Å². The summed E-state index contributed by atoms with van der Waals surface area (Å²) in [5, 5.41) is 20.0. The molecule has 2 N–H and O–H groups in total. The first-order valence-corrected chi connectivity index (χ1v) is 13.2. The minimum atomic E-state index is -1.08. The van der Waals surface area contributed by atoms with Gasteiger partial charge < -0.3 is 14.9 Å². The van der Waals surface area contributed by atoms with Gasteiger partial charge in [-0.15, -0.1) is 0 Å². The Morgan fingerprint density at radius 1 is 0.939 bits per heavy atom. The monoisotopic (exact) mass is 460 g/mol. The van der Waals surface area contributed by atoms with Crippen LogP contribution < -0.4 is 4.74 Å². The van der Waals surface area contributed by atoms with Crippen LogP contribution in [0.2, 0.25) is 0 Å². The fraction of sp³-hybridized carbons (Fsp3) is 0.759. The molecule has 1 heterocycles. The Labute approximate surface area is 202 Å². The van der Waals surface area contributed by atoms with Gasteiger partial charge in [0.2, 0.25) is 0 Å². The third-order valence-electron chi connectivity index (χ3n) is 7.81. The lowest BCUT2D eigenvalue weighted by Crippen LogP contribution is -2.37. The van der Waals surface area contributed by atoms with E-state index in [4.69, 9.17) is 4.74 Å². The van der Waals surface area contributed by atoms with Crippen molar-refractivity contribution in [1.29, 1.82) is 0 Å². The fourth-order valence-corrected chi connectivity index (χ4v) is 5.29. The summed E-state index contributed by atoms with van der Waals surface area (Å²) < 4.78 is 6.45. The molecule has 0 amide bonds. The summed E-state index contributed by atoms with van der Waals surface area (Å²) in [6.07, 6.45) is 12.8. The highest BCUT2D eigenvalue weighted by Gasteiger charge is 2.36. The summed E-state index contributed by atoms with van der Waals surface area (Å²) in [7, 11) is 0. The maximum absolute atomic E-state index is 11.8. The van der Waals surface area contributed by atoms with Crippen molar-refractivity contribution < 1.29 is 19.7 Å². The van der Waals surface area contributed by atoms with Gasteiger partial charge in [0.05, 0.1) is 0 Å². The lowest BCUT2D eigenvalue weighted by molar-refractivity contribution is 0.0495. The maximum Gasteiger partial charge on any atom is 0.339 e. The Balaban J connectivity index is 1.82. The predicted octanol–water partition coefficient (Wildman–Crippen LogP) is 8.23. The van der Waals surface area contributed by atoms with Crippen LogP contribution in [-0.2, 0) is 6.42 Å². The highest BCUT2D eigenvalue weighted by molar-refractivity contribution is 5.94. The summed E-state index contributed by atoms with van der Waals surface area (Å²) in [5.74, 6) is 1.87. The van der Waals surface area contributed by atoms with Gasteiger partial charge in [-0.05, 0) is 75.3 Å². The quantitative estimate of drug-likeness (QED) is 0.311. The van der Waals surface area contributed by atoms with Gasteiger partial charge in [-0.25, -0.2) is 4.79 Å². The molecule has 0 spiro atoms. The SMILES string of the molecule is Cc1c(C)c2c(c(C(=O)O)c1O)CCC(C)(CCCC(C)CCCC(C)CCCC(C)C)O2. The van der Waals surface area contributed by atoms with Crippen molar-refractivity contribution in [1.82, 2.24) is 0 Å². The second-order valence-electron chi connectivity index (χ2n) is 11.5. The van der Waals surface area contributed by atoms with Crippen molar-refractivity contribution in [3.8, 4) is 11.5 Å². The number of fused-ring (bicyclic) bond motifs is 1. The number of rotatable bonds is 13. The van der Waals surface area contributed by atoms with Crippen LogP contribution in [0.1, 0.15) is 126 Å². The second-order valence-corrected chi connectivity index (χ2v) is 11.5. The topological polar surface area (TPSA) is 66.8 Å². The van der Waals surface area contributed by atoms with E-state index in [1.165, 1.54) is 44.9 Å². The van der Waals surface area contributed by atoms with Crippen molar-refractivity contribution in [2.24, 2.45) is 17.8 Å². The number of carbonyl (C=O) groups is 1. The standard InChI is InChI=1S/C29H48O4/c1-19(2)11-8-12-20(3)13-9-14-21(4)15-10-17-29(7)18-16-24-25(28(31)32)26(30)22(5)23(6)27(24)33-29/h19-21,30H,8-18H2,1-7H3,(H,31,32). The molecule has 3 atom stereocenters. The van der Waals surface area contributed by atoms with Crippen LogP contribution >= 0.6 is 0 Å². The molecule has 33 heavy (non-hydrogen) atoms. The molecule has 1 aliphatic heterocycles. The molecule has 188 valence electrons. The van der Waals surface area contributed by atoms with E-state index in [0.717, 1.165) is 42.6 Å². The van der Waals surface area contributed by atoms with Gasteiger partial charge in [0.15, 0.2) is 0 Å². The van der Waals surface area contributed by atoms with Crippen molar-refractivity contribution >= 4 is 5.97 Å². The van der Waals surface area contributed by atoms with E-state index < -0.39 is 5.97 Å². The normalized spacial score (nSPS) is 19.8. The fourth-order valence-electron chi connectivity index (χ4n) is 5.29. The van der Waals surface area contributed by atoms with Crippen molar-refractivity contribution in [2.45, 2.75) is 125 Å². The molecule has 0 bridgehead atoms. The van der Waals surface area contributed by atoms with E-state index in [1.54, 1.807) is 6.92 Å². The number of ether oxygens (including phenoxy) is 1. The summed E-state index contributed by atoms with van der Waals surface area (Å²) >= 11 is 0. The van der Waals surface area contributed by atoms with E-state index in [0.29, 0.717) is 23.3 Å². The Kier molecular flexibility index (Phi) is 10.1. The van der Waals surface area contributed by atoms with Crippen LogP contribution in [0, 0.1) is 31.6 Å². The minimum Gasteiger partial charge on any atom is -0.507 e. The first-order chi connectivity index (χ1) is 15.4. The van der Waals surface area contributed by atoms with Crippen LogP contribution in [0.4, 0.5) is 0 Å². The Morgan fingerprint density at radius 2 is 1.48 bits per heavy atom. The second kappa shape index (κ2) is 12.1. The number of aromatic hydroxyl groups is 1. The number of hydrogen-bond acceptors (Lipinski definition) is 3. The molecule has 1 aromatic carbocycles. The van der Waals surface area contributed by atoms with Crippen LogP contribution in [0.5, 0.6) is 11.5 Å². The first kappa shape index (κ1) is 27.5. The van der Waals surface area contributed by atoms with Gasteiger partial charge in [-0.1, -0.05) is 72.6 Å². The third-order valence-corrected chi connectivity index (χ3v) is 7.81. The molecule has 4 heteroatoms. The summed E-state index contributed by atoms with van der Waals surface area (Å²) in [6.45, 7) is 15.2. The number of carboxylic acids is 1. The van der Waals surface area contributed by atoms with Gasteiger partial charge in [0, 0.05) is 5.56 Å². The molecule has 0 saturated carbocycles. The van der Waals surface area contributed by atoms with E-state index in [9.17, 15) is 15.0 Å². The molecular formula is C29H48O4. The van der Waals surface area contributed by atoms with Crippen LogP contribution in [-0.4, -0.2) is 21.8 Å². The van der Waals surface area contributed by atoms with E-state index >= 15 is 0 Å². The molecule has 2 rings (SSSR count). The largest absolute Gasteiger partial charge is 0.507 e. The number of phenols is 1. The van der Waals surface area contributed by atoms with Gasteiger partial charge in [-0.2, -0.15) is 0 Å². The Hall–Kier alpha value is -1.71. The van der Waals surface area contributed by atoms with Gasteiger partial charge in [-0.3, -0.25) is 0 Å². The first-order valence-electron chi connectivity index (χ1n) is 13.2.